The molecule has 0 N–H and O–H groups in total. The highest BCUT2D eigenvalue weighted by molar-refractivity contribution is 5.68. The number of hydrogen-bond donors (Lipinski definition) is 0. The molecule has 2 heteroatoms. The molecule has 8 bridgehead atoms. The van der Waals surface area contributed by atoms with Crippen LogP contribution in [0.3, 0.4) is 0 Å². The molecule has 0 unspecified atom stereocenters. The Morgan fingerprint density at radius 2 is 0.500 bits per heavy atom. The normalized spacial score (nSPS) is 37.4. The van der Waals surface area contributed by atoms with E-state index in [0.29, 0.717) is 47.3 Å². The summed E-state index contributed by atoms with van der Waals surface area (Å²) in [4.78, 5) is 0. The molecule has 2 saturated heterocycles. The first-order valence-electron chi connectivity index (χ1n) is 20.1. The highest BCUT2D eigenvalue weighted by atomic mass is 16.5. The number of ether oxygens (including phenoxy) is 2. The van der Waals surface area contributed by atoms with Gasteiger partial charge in [-0.25, -0.2) is 0 Å². The monoisotopic (exact) mass is 670 g/mol. The Morgan fingerprint density at radius 3 is 0.712 bits per heavy atom. The van der Waals surface area contributed by atoms with Gasteiger partial charge in [0.15, 0.2) is 0 Å². The molecule has 0 spiro atoms. The summed E-state index contributed by atoms with van der Waals surface area (Å²) in [7, 11) is 0. The molecule has 12 aliphatic rings. The zero-order valence-corrected chi connectivity index (χ0v) is 29.0. The molecule has 0 aromatic heterocycles. The molecule has 0 radical (unpaired) electrons. The van der Waals surface area contributed by atoms with Gasteiger partial charge in [-0.15, -0.1) is 0 Å². The van der Waals surface area contributed by atoms with Crippen molar-refractivity contribution in [3.63, 3.8) is 0 Å². The zero-order chi connectivity index (χ0) is 33.1. The van der Waals surface area contributed by atoms with Crippen molar-refractivity contribution in [2.24, 2.45) is 23.7 Å². The van der Waals surface area contributed by atoms with Gasteiger partial charge < -0.3 is 9.47 Å². The van der Waals surface area contributed by atoms with Gasteiger partial charge in [-0.3, -0.25) is 0 Å². The molecule has 0 saturated carbocycles. The lowest BCUT2D eigenvalue weighted by Crippen LogP contribution is -2.37. The van der Waals surface area contributed by atoms with Crippen LogP contribution >= 0.6 is 0 Å². The van der Waals surface area contributed by atoms with Gasteiger partial charge in [-0.1, -0.05) is 119 Å². The molecule has 250 valence electrons. The van der Waals surface area contributed by atoms with Gasteiger partial charge >= 0.3 is 0 Å². The van der Waals surface area contributed by atoms with E-state index in [1.807, 2.05) is 0 Å². The minimum atomic E-state index is 0.216. The molecule has 5 aromatic rings. The molecule has 17 rings (SSSR count). The summed E-state index contributed by atoms with van der Waals surface area (Å²) in [5, 5.41) is 0. The van der Waals surface area contributed by atoms with E-state index >= 15 is 0 Å². The van der Waals surface area contributed by atoms with Gasteiger partial charge in [0.05, 0.1) is 24.4 Å². The van der Waals surface area contributed by atoms with Crippen molar-refractivity contribution in [2.45, 2.75) is 73.8 Å². The fourth-order valence-electron chi connectivity index (χ4n) is 14.6. The van der Waals surface area contributed by atoms with Gasteiger partial charge in [-0.05, 0) is 128 Å². The summed E-state index contributed by atoms with van der Waals surface area (Å²) in [6, 6.07) is 42.6. The van der Waals surface area contributed by atoms with Gasteiger partial charge in [-0.2, -0.15) is 0 Å². The average molecular weight is 671 g/mol. The predicted octanol–water partition coefficient (Wildman–Crippen LogP) is 11.2. The maximum absolute atomic E-state index is 7.14. The van der Waals surface area contributed by atoms with Crippen LogP contribution in [0.1, 0.15) is 141 Å². The van der Waals surface area contributed by atoms with Crippen LogP contribution in [0, 0.1) is 23.7 Å². The average Bonchev–Trinajstić information content (AvgIpc) is 3.97. The highest BCUT2D eigenvalue weighted by Gasteiger charge is 2.61. The minimum absolute atomic E-state index is 0.216. The van der Waals surface area contributed by atoms with Crippen LogP contribution in [0.5, 0.6) is 0 Å². The van der Waals surface area contributed by atoms with Gasteiger partial charge in [0.2, 0.25) is 0 Å². The molecule has 8 atom stereocenters. The summed E-state index contributed by atoms with van der Waals surface area (Å²) in [5.41, 5.74) is 25.3. The smallest absolute Gasteiger partial charge is 0.0872 e. The van der Waals surface area contributed by atoms with Gasteiger partial charge in [0.1, 0.15) is 0 Å². The Kier molecular flexibility index (Phi) is 4.69. The largest absolute Gasteiger partial charge is 0.365 e. The fourth-order valence-corrected chi connectivity index (χ4v) is 14.6. The summed E-state index contributed by atoms with van der Waals surface area (Å²) in [6.45, 7) is 0. The summed E-state index contributed by atoms with van der Waals surface area (Å²) in [5.74, 6) is 3.92. The Bertz CT molecular complexity index is 2150. The van der Waals surface area contributed by atoms with Crippen LogP contribution in [0.4, 0.5) is 0 Å². The van der Waals surface area contributed by atoms with Crippen LogP contribution in [0.15, 0.2) is 131 Å². The molecule has 2 fully saturated rings. The third-order valence-corrected chi connectivity index (χ3v) is 16.3. The molecule has 0 amide bonds. The van der Waals surface area contributed by atoms with Crippen molar-refractivity contribution in [3.8, 4) is 0 Å². The van der Waals surface area contributed by atoms with Crippen LogP contribution in [-0.4, -0.2) is 0 Å². The maximum atomic E-state index is 7.14. The minimum Gasteiger partial charge on any atom is -0.365 e. The number of benzene rings is 5. The van der Waals surface area contributed by atoms with E-state index in [1.54, 1.807) is 66.8 Å². The van der Waals surface area contributed by atoms with Crippen molar-refractivity contribution in [3.05, 3.63) is 198 Å². The highest BCUT2D eigenvalue weighted by Crippen LogP contribution is 2.72. The zero-order valence-electron chi connectivity index (χ0n) is 29.0. The second-order valence-electron chi connectivity index (χ2n) is 17.9. The van der Waals surface area contributed by atoms with Crippen LogP contribution in [0.25, 0.3) is 0 Å². The Labute approximate surface area is 304 Å². The second kappa shape index (κ2) is 8.99. The quantitative estimate of drug-likeness (QED) is 0.153. The van der Waals surface area contributed by atoms with Crippen molar-refractivity contribution < 1.29 is 9.47 Å². The molecule has 4 heterocycles. The van der Waals surface area contributed by atoms with Gasteiger partial charge in [0, 0.05) is 23.7 Å². The molecule has 4 aliphatic heterocycles. The van der Waals surface area contributed by atoms with Crippen LogP contribution in [-0.2, 0) is 9.47 Å². The standard InChI is InChI=1S/C50H38O2/c1-2-10-24-23(9-1)43-25-11-3-4-12-26(25)44(24)32-18-36-35(17-31(32)43)47-39-21-41-42(22-40(39)48(36)51-47)50-38-20-34-33(19-37(38)49(41)52-50)45-27-13-5-7-15-29(27)46(34)30-16-8-6-14-28(30)45/h1-16,21-22,35-38,43-50H,17-20H2/t35-,36-,37-,38+,43?,44?,45?,46?,47+,48+,49-,50-/m0/s1. The van der Waals surface area contributed by atoms with E-state index in [1.165, 1.54) is 47.9 Å². The lowest BCUT2D eigenvalue weighted by atomic mass is 9.53. The lowest BCUT2D eigenvalue weighted by molar-refractivity contribution is 0.0506. The van der Waals surface area contributed by atoms with E-state index < -0.39 is 0 Å². The third kappa shape index (κ3) is 2.93. The number of hydrogen-bond acceptors (Lipinski definition) is 2. The third-order valence-electron chi connectivity index (χ3n) is 16.3. The van der Waals surface area contributed by atoms with E-state index in [-0.39, 0.29) is 24.4 Å². The van der Waals surface area contributed by atoms with Crippen molar-refractivity contribution in [1.82, 2.24) is 0 Å². The van der Waals surface area contributed by atoms with E-state index in [4.69, 9.17) is 9.47 Å². The molecule has 52 heavy (non-hydrogen) atoms. The van der Waals surface area contributed by atoms with E-state index in [9.17, 15) is 0 Å². The molecule has 8 aliphatic carbocycles. The number of fused-ring (bicyclic) bond motifs is 16. The van der Waals surface area contributed by atoms with E-state index in [2.05, 4.69) is 109 Å². The summed E-state index contributed by atoms with van der Waals surface area (Å²) >= 11 is 0. The Morgan fingerprint density at radius 1 is 0.288 bits per heavy atom. The summed E-state index contributed by atoms with van der Waals surface area (Å²) in [6.07, 6.45) is 5.57. The lowest BCUT2D eigenvalue weighted by Gasteiger charge is -2.49. The maximum Gasteiger partial charge on any atom is 0.0872 e. The van der Waals surface area contributed by atoms with Crippen molar-refractivity contribution in [2.75, 3.05) is 0 Å². The van der Waals surface area contributed by atoms with Crippen LogP contribution in [0.2, 0.25) is 0 Å². The number of rotatable bonds is 0. The molecule has 5 aromatic carbocycles. The summed E-state index contributed by atoms with van der Waals surface area (Å²) < 4.78 is 14.3. The Hall–Kier alpha value is -4.50. The topological polar surface area (TPSA) is 18.5 Å². The van der Waals surface area contributed by atoms with Crippen molar-refractivity contribution in [1.29, 1.82) is 0 Å². The second-order valence-corrected chi connectivity index (χ2v) is 17.9. The predicted molar refractivity (Wildman–Crippen MR) is 199 cm³/mol. The number of allylic oxidation sites excluding steroid dienone is 4. The van der Waals surface area contributed by atoms with Crippen LogP contribution < -0.4 is 0 Å². The first-order chi connectivity index (χ1) is 25.8. The molecular weight excluding hydrogens is 633 g/mol. The first-order valence-corrected chi connectivity index (χ1v) is 20.1. The SMILES string of the molecule is c1ccc2c(c1)C1C3=C(C[C@H]4[C@@H](C3)[C@@H]3O[C@@H]4c4cc5c(cc43)[C@@H]3O[C@@H]5[C@H]4CC5=C(C[C@@H]43)C3c4ccccc4C5c4ccccc43)C2c2ccccc21. The molecular formula is C50H38O2. The fraction of sp³-hybridized carbons (Fsp3) is 0.320. The Balaban J connectivity index is 0.798. The van der Waals surface area contributed by atoms with E-state index in [0.717, 1.165) is 0 Å². The molecule has 2 nitrogen and oxygen atoms in total. The first kappa shape index (κ1) is 27.2. The van der Waals surface area contributed by atoms with Crippen molar-refractivity contribution >= 4 is 0 Å². The van der Waals surface area contributed by atoms with Gasteiger partial charge in [0.25, 0.3) is 0 Å².